The summed E-state index contributed by atoms with van der Waals surface area (Å²) in [6.07, 6.45) is 2.81. The molecule has 1 aromatic rings. The fourth-order valence-electron chi connectivity index (χ4n) is 2.75. The Morgan fingerprint density at radius 2 is 2.32 bits per heavy atom. The number of piperidine rings is 1. The van der Waals surface area contributed by atoms with Crippen LogP contribution >= 0.6 is 0 Å². The number of aliphatic hydroxyl groups is 1. The van der Waals surface area contributed by atoms with Crippen molar-refractivity contribution < 1.29 is 9.90 Å². The first kappa shape index (κ1) is 13.9. The summed E-state index contributed by atoms with van der Waals surface area (Å²) in [7, 11) is 1.74. The third-order valence-electron chi connectivity index (χ3n) is 3.81. The van der Waals surface area contributed by atoms with Crippen molar-refractivity contribution in [2.24, 2.45) is 13.0 Å². The largest absolute Gasteiger partial charge is 0.396 e. The van der Waals surface area contributed by atoms with Gasteiger partial charge in [0.2, 0.25) is 0 Å². The summed E-state index contributed by atoms with van der Waals surface area (Å²) in [6.45, 7) is 3.43. The third kappa shape index (κ3) is 2.73. The Balaban J connectivity index is 2.15. The van der Waals surface area contributed by atoms with E-state index in [1.807, 2.05) is 4.90 Å². The highest BCUT2D eigenvalue weighted by atomic mass is 16.3. The van der Waals surface area contributed by atoms with Crippen LogP contribution < -0.4 is 5.73 Å². The van der Waals surface area contributed by atoms with E-state index in [-0.39, 0.29) is 12.5 Å². The monoisotopic (exact) mass is 266 g/mol. The number of nitrogens with two attached hydrogens (primary N) is 1. The quantitative estimate of drug-likeness (QED) is 0.836. The summed E-state index contributed by atoms with van der Waals surface area (Å²) >= 11 is 0. The van der Waals surface area contributed by atoms with Crippen LogP contribution in [0.3, 0.4) is 0 Å². The number of aryl methyl sites for hydroxylation is 2. The molecule has 0 radical (unpaired) electrons. The van der Waals surface area contributed by atoms with Crippen LogP contribution in [0.25, 0.3) is 0 Å². The number of likely N-dealkylation sites (tertiary alicyclic amines) is 1. The van der Waals surface area contributed by atoms with Crippen LogP contribution in [-0.2, 0) is 7.05 Å². The van der Waals surface area contributed by atoms with Gasteiger partial charge in [-0.3, -0.25) is 9.48 Å². The van der Waals surface area contributed by atoms with Gasteiger partial charge in [0.05, 0.1) is 11.4 Å². The number of hydrogen-bond acceptors (Lipinski definition) is 4. The maximum Gasteiger partial charge on any atom is 0.274 e. The van der Waals surface area contributed by atoms with Gasteiger partial charge in [-0.1, -0.05) is 0 Å². The number of hydrogen-bond donors (Lipinski definition) is 2. The molecular weight excluding hydrogens is 244 g/mol. The number of amides is 1. The summed E-state index contributed by atoms with van der Waals surface area (Å²) in [5.41, 5.74) is 7.57. The van der Waals surface area contributed by atoms with Gasteiger partial charge in [-0.2, -0.15) is 5.10 Å². The first-order valence-electron chi connectivity index (χ1n) is 6.73. The van der Waals surface area contributed by atoms with E-state index in [1.54, 1.807) is 18.7 Å². The zero-order valence-corrected chi connectivity index (χ0v) is 11.6. The first-order valence-corrected chi connectivity index (χ1v) is 6.73. The zero-order valence-electron chi connectivity index (χ0n) is 11.6. The van der Waals surface area contributed by atoms with Gasteiger partial charge in [0.1, 0.15) is 5.69 Å². The minimum absolute atomic E-state index is 0.0526. The topological polar surface area (TPSA) is 84.4 Å². The molecule has 6 nitrogen and oxygen atoms in total. The van der Waals surface area contributed by atoms with Crippen molar-refractivity contribution in [2.45, 2.75) is 26.2 Å². The maximum absolute atomic E-state index is 12.5. The summed E-state index contributed by atoms with van der Waals surface area (Å²) in [4.78, 5) is 14.4. The molecule has 1 fully saturated rings. The molecule has 6 heteroatoms. The lowest BCUT2D eigenvalue weighted by atomic mass is 9.95. The number of nitrogens with zero attached hydrogens (tertiary/aromatic N) is 3. The number of carbonyl (C=O) groups is 1. The molecule has 0 aliphatic carbocycles. The molecule has 1 amide bonds. The molecule has 1 atom stereocenters. The second-order valence-corrected chi connectivity index (χ2v) is 5.24. The smallest absolute Gasteiger partial charge is 0.274 e. The van der Waals surface area contributed by atoms with Crippen molar-refractivity contribution in [3.8, 4) is 0 Å². The van der Waals surface area contributed by atoms with Crippen LogP contribution in [0.15, 0.2) is 0 Å². The number of aliphatic hydroxyl groups excluding tert-OH is 1. The minimum Gasteiger partial charge on any atom is -0.396 e. The van der Waals surface area contributed by atoms with Crippen molar-refractivity contribution in [3.63, 3.8) is 0 Å². The van der Waals surface area contributed by atoms with Crippen LogP contribution in [0.2, 0.25) is 0 Å². The molecule has 0 saturated carbocycles. The predicted molar refractivity (Wildman–Crippen MR) is 72.7 cm³/mol. The first-order chi connectivity index (χ1) is 9.04. The van der Waals surface area contributed by atoms with E-state index in [0.717, 1.165) is 25.8 Å². The van der Waals surface area contributed by atoms with E-state index in [9.17, 15) is 4.79 Å². The molecule has 1 aliphatic rings. The second-order valence-electron chi connectivity index (χ2n) is 5.24. The van der Waals surface area contributed by atoms with Crippen molar-refractivity contribution in [1.82, 2.24) is 14.7 Å². The minimum atomic E-state index is -0.0526. The lowest BCUT2D eigenvalue weighted by Crippen LogP contribution is -2.41. The molecular formula is C13H22N4O2. The molecule has 2 heterocycles. The van der Waals surface area contributed by atoms with Gasteiger partial charge < -0.3 is 15.7 Å². The molecule has 1 saturated heterocycles. The van der Waals surface area contributed by atoms with E-state index < -0.39 is 0 Å². The van der Waals surface area contributed by atoms with Gasteiger partial charge in [0.15, 0.2) is 0 Å². The Bertz CT molecular complexity index is 467. The number of nitrogen functional groups attached to an aromatic ring is 1. The lowest BCUT2D eigenvalue weighted by Gasteiger charge is -2.32. The number of anilines is 1. The molecule has 1 aliphatic heterocycles. The molecule has 3 N–H and O–H groups in total. The average Bonchev–Trinajstić information content (AvgIpc) is 2.63. The summed E-state index contributed by atoms with van der Waals surface area (Å²) in [5, 5.41) is 13.2. The Labute approximate surface area is 113 Å². The molecule has 2 rings (SSSR count). The molecule has 0 aromatic carbocycles. The van der Waals surface area contributed by atoms with Gasteiger partial charge >= 0.3 is 0 Å². The molecule has 1 unspecified atom stereocenters. The predicted octanol–water partition coefficient (Wildman–Crippen LogP) is 0.545. The highest BCUT2D eigenvalue weighted by molar-refractivity contribution is 5.98. The molecule has 19 heavy (non-hydrogen) atoms. The molecule has 0 bridgehead atoms. The fraction of sp³-hybridized carbons (Fsp3) is 0.692. The zero-order chi connectivity index (χ0) is 14.0. The van der Waals surface area contributed by atoms with E-state index in [1.165, 1.54) is 0 Å². The second kappa shape index (κ2) is 5.61. The van der Waals surface area contributed by atoms with Gasteiger partial charge in [-0.15, -0.1) is 0 Å². The van der Waals surface area contributed by atoms with Crippen molar-refractivity contribution >= 4 is 11.6 Å². The molecule has 106 valence electrons. The lowest BCUT2D eigenvalue weighted by molar-refractivity contribution is 0.0643. The third-order valence-corrected chi connectivity index (χ3v) is 3.81. The van der Waals surface area contributed by atoms with Gasteiger partial charge in [-0.25, -0.2) is 0 Å². The maximum atomic E-state index is 12.5. The van der Waals surface area contributed by atoms with Gasteiger partial charge in [0.25, 0.3) is 5.91 Å². The van der Waals surface area contributed by atoms with E-state index in [0.29, 0.717) is 29.5 Å². The van der Waals surface area contributed by atoms with Crippen molar-refractivity contribution in [1.29, 1.82) is 0 Å². The Hall–Kier alpha value is -1.56. The molecule has 1 aromatic heterocycles. The van der Waals surface area contributed by atoms with Crippen molar-refractivity contribution in [3.05, 3.63) is 11.4 Å². The van der Waals surface area contributed by atoms with Gasteiger partial charge in [-0.05, 0) is 32.1 Å². The van der Waals surface area contributed by atoms with Crippen molar-refractivity contribution in [2.75, 3.05) is 25.4 Å². The van der Waals surface area contributed by atoms with E-state index in [2.05, 4.69) is 5.10 Å². The van der Waals surface area contributed by atoms with Crippen LogP contribution in [0.1, 0.15) is 35.4 Å². The van der Waals surface area contributed by atoms with Crippen LogP contribution in [0, 0.1) is 12.8 Å². The summed E-state index contributed by atoms with van der Waals surface area (Å²) in [6, 6.07) is 0. The molecule has 0 spiro atoms. The normalized spacial score (nSPS) is 19.7. The standard InChI is InChI=1S/C13H22N4O2/c1-9-11(14)12(16(2)15-9)13(19)17-6-3-4-10(8-17)5-7-18/h10,18H,3-8,14H2,1-2H3. The van der Waals surface area contributed by atoms with Gasteiger partial charge in [0, 0.05) is 26.7 Å². The summed E-state index contributed by atoms with van der Waals surface area (Å²) < 4.78 is 1.56. The Kier molecular flexibility index (Phi) is 4.09. The number of aromatic nitrogens is 2. The van der Waals surface area contributed by atoms with Crippen LogP contribution in [-0.4, -0.2) is 45.4 Å². The van der Waals surface area contributed by atoms with E-state index in [4.69, 9.17) is 10.8 Å². The fourth-order valence-corrected chi connectivity index (χ4v) is 2.75. The summed E-state index contributed by atoms with van der Waals surface area (Å²) in [5.74, 6) is 0.335. The number of rotatable bonds is 3. The van der Waals surface area contributed by atoms with Crippen LogP contribution in [0.4, 0.5) is 5.69 Å². The van der Waals surface area contributed by atoms with E-state index >= 15 is 0 Å². The Morgan fingerprint density at radius 1 is 1.58 bits per heavy atom. The highest BCUT2D eigenvalue weighted by Gasteiger charge is 2.28. The average molecular weight is 266 g/mol. The van der Waals surface area contributed by atoms with Crippen LogP contribution in [0.5, 0.6) is 0 Å². The highest BCUT2D eigenvalue weighted by Crippen LogP contribution is 2.23. The number of carbonyl (C=O) groups excluding carboxylic acids is 1. The SMILES string of the molecule is Cc1nn(C)c(C(=O)N2CCCC(CCO)C2)c1N. The Morgan fingerprint density at radius 3 is 2.89 bits per heavy atom.